The molecule has 0 aliphatic rings. The van der Waals surface area contributed by atoms with Crippen LogP contribution in [0, 0.1) is 6.92 Å². The summed E-state index contributed by atoms with van der Waals surface area (Å²) in [6, 6.07) is 8.31. The molecule has 2 N–H and O–H groups in total. The highest BCUT2D eigenvalue weighted by Gasteiger charge is 2.03. The molecule has 6 nitrogen and oxygen atoms in total. The van der Waals surface area contributed by atoms with Gasteiger partial charge in [-0.15, -0.1) is 34.2 Å². The van der Waals surface area contributed by atoms with Gasteiger partial charge in [-0.05, 0) is 25.0 Å². The molecule has 0 saturated carbocycles. The van der Waals surface area contributed by atoms with Crippen LogP contribution in [0.15, 0.2) is 47.7 Å². The smallest absolute Gasteiger partial charge is 0.191 e. The van der Waals surface area contributed by atoms with E-state index in [9.17, 15) is 0 Å². The maximum atomic E-state index is 4.70. The van der Waals surface area contributed by atoms with E-state index < -0.39 is 0 Å². The second kappa shape index (κ2) is 11.7. The molecule has 1 aromatic carbocycles. The van der Waals surface area contributed by atoms with Gasteiger partial charge in [-0.2, -0.15) is 0 Å². The Morgan fingerprint density at radius 1 is 1.27 bits per heavy atom. The van der Waals surface area contributed by atoms with Crippen LogP contribution in [0.3, 0.4) is 0 Å². The third kappa shape index (κ3) is 7.15. The number of nitrogens with one attached hydrogen (secondary N) is 2. The number of rotatable bonds is 8. The van der Waals surface area contributed by atoms with Gasteiger partial charge in [-0.25, -0.2) is 4.99 Å². The summed E-state index contributed by atoms with van der Waals surface area (Å²) < 4.78 is 2.06. The summed E-state index contributed by atoms with van der Waals surface area (Å²) in [5.74, 6) is 1.78. The van der Waals surface area contributed by atoms with Crippen molar-refractivity contribution in [2.24, 2.45) is 4.99 Å². The topological polar surface area (TPSA) is 67.1 Å². The highest BCUT2D eigenvalue weighted by Crippen LogP contribution is 2.07. The number of nitrogens with zero attached hydrogens (tertiary/aromatic N) is 4. The van der Waals surface area contributed by atoms with Gasteiger partial charge < -0.3 is 15.2 Å². The molecule has 1 heterocycles. The number of aliphatic imine (C=N–C) groups is 1. The van der Waals surface area contributed by atoms with Crippen molar-refractivity contribution < 1.29 is 0 Å². The van der Waals surface area contributed by atoms with Gasteiger partial charge in [-0.3, -0.25) is 0 Å². The lowest BCUT2D eigenvalue weighted by Crippen LogP contribution is -2.39. The number of hydrogen-bond acceptors (Lipinski definition) is 3. The minimum atomic E-state index is 0. The average Bonchev–Trinajstić information content (AvgIpc) is 3.05. The van der Waals surface area contributed by atoms with Crippen LogP contribution < -0.4 is 10.6 Å². The van der Waals surface area contributed by atoms with Crippen molar-refractivity contribution >= 4 is 29.9 Å². The van der Waals surface area contributed by atoms with Crippen LogP contribution >= 0.6 is 24.0 Å². The zero-order chi connectivity index (χ0) is 18.1. The lowest BCUT2D eigenvalue weighted by molar-refractivity contribution is 0.633. The number of aromatic nitrogens is 3. The number of benzene rings is 1. The first-order chi connectivity index (χ1) is 12.1. The van der Waals surface area contributed by atoms with Crippen molar-refractivity contribution in [3.05, 3.63) is 59.7 Å². The number of aryl methyl sites for hydroxylation is 2. The van der Waals surface area contributed by atoms with E-state index >= 15 is 0 Å². The van der Waals surface area contributed by atoms with Gasteiger partial charge in [0.15, 0.2) is 5.96 Å². The minimum Gasteiger partial charge on any atom is -0.355 e. The Hall–Kier alpha value is -1.90. The maximum absolute atomic E-state index is 4.70. The first-order valence-electron chi connectivity index (χ1n) is 8.68. The normalized spacial score (nSPS) is 11.0. The zero-order valence-corrected chi connectivity index (χ0v) is 18.2. The van der Waals surface area contributed by atoms with Crippen molar-refractivity contribution in [2.45, 2.75) is 40.3 Å². The first kappa shape index (κ1) is 22.1. The van der Waals surface area contributed by atoms with E-state index in [0.29, 0.717) is 13.1 Å². The van der Waals surface area contributed by atoms with Gasteiger partial charge >= 0.3 is 0 Å². The predicted molar refractivity (Wildman–Crippen MR) is 118 cm³/mol. The molecule has 0 amide bonds. The van der Waals surface area contributed by atoms with Crippen LogP contribution in [0.5, 0.6) is 0 Å². The fourth-order valence-electron chi connectivity index (χ4n) is 2.39. The van der Waals surface area contributed by atoms with E-state index in [-0.39, 0.29) is 24.0 Å². The second-order valence-electron chi connectivity index (χ2n) is 6.12. The molecular formula is C19H29IN6. The quantitative estimate of drug-likeness (QED) is 0.271. The number of halogens is 1. The molecular weight excluding hydrogens is 439 g/mol. The molecule has 2 rings (SSSR count). The van der Waals surface area contributed by atoms with Gasteiger partial charge in [0, 0.05) is 26.1 Å². The largest absolute Gasteiger partial charge is 0.355 e. The Bertz CT molecular complexity index is 722. The molecule has 0 radical (unpaired) electrons. The summed E-state index contributed by atoms with van der Waals surface area (Å²) in [5.41, 5.74) is 3.55. The fraction of sp³-hybridized carbons (Fsp3) is 0.421. The molecule has 0 unspecified atom stereocenters. The highest BCUT2D eigenvalue weighted by atomic mass is 127. The molecule has 0 spiro atoms. The molecule has 1 aromatic heterocycles. The molecule has 0 atom stereocenters. The summed E-state index contributed by atoms with van der Waals surface area (Å²) in [4.78, 5) is 4.70. The zero-order valence-electron chi connectivity index (χ0n) is 15.8. The molecule has 0 aliphatic carbocycles. The van der Waals surface area contributed by atoms with E-state index in [1.54, 1.807) is 6.33 Å². The molecule has 0 aliphatic heterocycles. The van der Waals surface area contributed by atoms with E-state index in [2.05, 4.69) is 58.0 Å². The van der Waals surface area contributed by atoms with Crippen LogP contribution in [0.4, 0.5) is 0 Å². The number of hydrogen-bond donors (Lipinski definition) is 2. The van der Waals surface area contributed by atoms with Crippen LogP contribution in [0.25, 0.3) is 0 Å². The third-order valence-electron chi connectivity index (χ3n) is 3.88. The Balaban J connectivity index is 0.00000338. The maximum Gasteiger partial charge on any atom is 0.191 e. The highest BCUT2D eigenvalue weighted by molar-refractivity contribution is 14.0. The van der Waals surface area contributed by atoms with Crippen molar-refractivity contribution in [2.75, 3.05) is 13.1 Å². The van der Waals surface area contributed by atoms with Crippen LogP contribution in [-0.4, -0.2) is 33.8 Å². The summed E-state index contributed by atoms with van der Waals surface area (Å²) in [6.45, 7) is 13.0. The van der Waals surface area contributed by atoms with Gasteiger partial charge in [0.25, 0.3) is 0 Å². The SMILES string of the molecule is C=C(C)CNC(=NCc1ccccc1C)NCCn1cnnc1CC.I. The van der Waals surface area contributed by atoms with E-state index in [0.717, 1.165) is 36.9 Å². The van der Waals surface area contributed by atoms with Crippen molar-refractivity contribution in [1.82, 2.24) is 25.4 Å². The Morgan fingerprint density at radius 3 is 2.73 bits per heavy atom. The molecule has 0 bridgehead atoms. The third-order valence-corrected chi connectivity index (χ3v) is 3.88. The predicted octanol–water partition coefficient (Wildman–Crippen LogP) is 3.08. The summed E-state index contributed by atoms with van der Waals surface area (Å²) in [7, 11) is 0. The second-order valence-corrected chi connectivity index (χ2v) is 6.12. The summed E-state index contributed by atoms with van der Waals surface area (Å²) in [5, 5.41) is 14.8. The van der Waals surface area contributed by atoms with Crippen LogP contribution in [0.2, 0.25) is 0 Å². The van der Waals surface area contributed by atoms with E-state index in [4.69, 9.17) is 4.99 Å². The Kier molecular flexibility index (Phi) is 9.93. The standard InChI is InChI=1S/C19H28N6.HI/c1-5-18-24-23-14-25(18)11-10-20-19(21-12-15(2)3)22-13-17-9-7-6-8-16(17)4;/h6-9,14H,2,5,10-13H2,1,3-4H3,(H2,20,21,22);1H. The minimum absolute atomic E-state index is 0. The van der Waals surface area contributed by atoms with Gasteiger partial charge in [0.1, 0.15) is 12.2 Å². The summed E-state index contributed by atoms with van der Waals surface area (Å²) in [6.07, 6.45) is 2.65. The van der Waals surface area contributed by atoms with E-state index in [1.165, 1.54) is 11.1 Å². The van der Waals surface area contributed by atoms with Crippen molar-refractivity contribution in [3.63, 3.8) is 0 Å². The number of guanidine groups is 1. The van der Waals surface area contributed by atoms with Crippen molar-refractivity contribution in [1.29, 1.82) is 0 Å². The average molecular weight is 468 g/mol. The fourth-order valence-corrected chi connectivity index (χ4v) is 2.39. The van der Waals surface area contributed by atoms with Crippen LogP contribution in [-0.2, 0) is 19.5 Å². The van der Waals surface area contributed by atoms with Gasteiger partial charge in [-0.1, -0.05) is 43.3 Å². The Labute approximate surface area is 173 Å². The van der Waals surface area contributed by atoms with Gasteiger partial charge in [0.2, 0.25) is 0 Å². The first-order valence-corrected chi connectivity index (χ1v) is 8.68. The Morgan fingerprint density at radius 2 is 2.04 bits per heavy atom. The molecule has 0 fully saturated rings. The summed E-state index contributed by atoms with van der Waals surface area (Å²) >= 11 is 0. The van der Waals surface area contributed by atoms with Crippen LogP contribution in [0.1, 0.15) is 30.8 Å². The molecule has 7 heteroatoms. The van der Waals surface area contributed by atoms with Crippen molar-refractivity contribution in [3.8, 4) is 0 Å². The van der Waals surface area contributed by atoms with Gasteiger partial charge in [0.05, 0.1) is 6.54 Å². The monoisotopic (exact) mass is 468 g/mol. The lowest BCUT2D eigenvalue weighted by atomic mass is 10.1. The molecule has 26 heavy (non-hydrogen) atoms. The van der Waals surface area contributed by atoms with E-state index in [1.807, 2.05) is 19.1 Å². The molecule has 0 saturated heterocycles. The molecule has 142 valence electrons. The lowest BCUT2D eigenvalue weighted by Gasteiger charge is -2.14. The molecule has 2 aromatic rings.